The number of nitrogens with one attached hydrogen (secondary N) is 1. The van der Waals surface area contributed by atoms with Crippen LogP contribution in [0, 0.1) is 0 Å². The van der Waals surface area contributed by atoms with E-state index in [0.717, 1.165) is 18.4 Å². The number of ether oxygens (including phenoxy) is 1. The van der Waals surface area contributed by atoms with Gasteiger partial charge in [-0.1, -0.05) is 30.3 Å². The average Bonchev–Trinajstić information content (AvgIpc) is 2.49. The molecule has 21 heavy (non-hydrogen) atoms. The Bertz CT molecular complexity index is 468. The Morgan fingerprint density at radius 3 is 2.52 bits per heavy atom. The standard InChI is InChI=1S/C16H22N2O3/c1-21-12-15(19)17-14-7-9-18(10-8-14)16(20)11-13-5-3-2-4-6-13/h2-6,14H,7-12H2,1H3,(H,17,19). The van der Waals surface area contributed by atoms with E-state index in [4.69, 9.17) is 4.74 Å². The van der Waals surface area contributed by atoms with Crippen molar-refractivity contribution in [3.63, 3.8) is 0 Å². The summed E-state index contributed by atoms with van der Waals surface area (Å²) in [5, 5.41) is 2.93. The summed E-state index contributed by atoms with van der Waals surface area (Å²) in [5.41, 5.74) is 1.04. The number of hydrogen-bond acceptors (Lipinski definition) is 3. The van der Waals surface area contributed by atoms with Gasteiger partial charge in [0, 0.05) is 26.2 Å². The van der Waals surface area contributed by atoms with Gasteiger partial charge >= 0.3 is 0 Å². The first-order valence-corrected chi connectivity index (χ1v) is 7.29. The average molecular weight is 290 g/mol. The summed E-state index contributed by atoms with van der Waals surface area (Å²) in [5.74, 6) is 0.0643. The molecule has 0 radical (unpaired) electrons. The molecule has 5 nitrogen and oxygen atoms in total. The Kier molecular flexibility index (Phi) is 5.75. The van der Waals surface area contributed by atoms with E-state index in [0.29, 0.717) is 19.5 Å². The van der Waals surface area contributed by atoms with Crippen LogP contribution in [-0.4, -0.2) is 49.6 Å². The number of carbonyl (C=O) groups excluding carboxylic acids is 2. The lowest BCUT2D eigenvalue weighted by Gasteiger charge is -2.32. The first kappa shape index (κ1) is 15.5. The van der Waals surface area contributed by atoms with E-state index in [1.807, 2.05) is 35.2 Å². The van der Waals surface area contributed by atoms with Gasteiger partial charge in [-0.05, 0) is 18.4 Å². The van der Waals surface area contributed by atoms with E-state index in [9.17, 15) is 9.59 Å². The molecule has 0 saturated carbocycles. The van der Waals surface area contributed by atoms with Crippen molar-refractivity contribution < 1.29 is 14.3 Å². The molecule has 1 aliphatic heterocycles. The zero-order chi connectivity index (χ0) is 15.1. The van der Waals surface area contributed by atoms with E-state index < -0.39 is 0 Å². The van der Waals surface area contributed by atoms with Crippen LogP contribution in [0.3, 0.4) is 0 Å². The summed E-state index contributed by atoms with van der Waals surface area (Å²) in [6, 6.07) is 9.92. The summed E-state index contributed by atoms with van der Waals surface area (Å²) in [6.07, 6.45) is 2.05. The highest BCUT2D eigenvalue weighted by Gasteiger charge is 2.23. The topological polar surface area (TPSA) is 58.6 Å². The van der Waals surface area contributed by atoms with Gasteiger partial charge in [0.05, 0.1) is 6.42 Å². The molecule has 1 fully saturated rings. The zero-order valence-corrected chi connectivity index (χ0v) is 12.4. The van der Waals surface area contributed by atoms with Crippen molar-refractivity contribution in [1.82, 2.24) is 10.2 Å². The summed E-state index contributed by atoms with van der Waals surface area (Å²) < 4.78 is 4.79. The minimum atomic E-state index is -0.0911. The van der Waals surface area contributed by atoms with Crippen molar-refractivity contribution in [3.8, 4) is 0 Å². The van der Waals surface area contributed by atoms with Crippen LogP contribution in [0.4, 0.5) is 0 Å². The highest BCUT2D eigenvalue weighted by atomic mass is 16.5. The van der Waals surface area contributed by atoms with Crippen LogP contribution >= 0.6 is 0 Å². The largest absolute Gasteiger partial charge is 0.375 e. The van der Waals surface area contributed by atoms with Crippen LogP contribution in [0.5, 0.6) is 0 Å². The second kappa shape index (κ2) is 7.78. The molecule has 1 N–H and O–H groups in total. The van der Waals surface area contributed by atoms with Crippen LogP contribution in [0.25, 0.3) is 0 Å². The van der Waals surface area contributed by atoms with Gasteiger partial charge in [-0.25, -0.2) is 0 Å². The lowest BCUT2D eigenvalue weighted by Crippen LogP contribution is -2.47. The molecule has 0 spiro atoms. The highest BCUT2D eigenvalue weighted by molar-refractivity contribution is 5.79. The molecule has 0 bridgehead atoms. The fraction of sp³-hybridized carbons (Fsp3) is 0.500. The van der Waals surface area contributed by atoms with Crippen LogP contribution in [0.1, 0.15) is 18.4 Å². The third-order valence-corrected chi connectivity index (χ3v) is 3.69. The minimum absolute atomic E-state index is 0.0904. The molecule has 2 amide bonds. The van der Waals surface area contributed by atoms with Gasteiger partial charge in [0.15, 0.2) is 0 Å². The fourth-order valence-corrected chi connectivity index (χ4v) is 2.56. The molecule has 1 heterocycles. The van der Waals surface area contributed by atoms with Crippen LogP contribution < -0.4 is 5.32 Å². The monoisotopic (exact) mass is 290 g/mol. The lowest BCUT2D eigenvalue weighted by molar-refractivity contribution is -0.131. The van der Waals surface area contributed by atoms with Crippen molar-refractivity contribution in [2.24, 2.45) is 0 Å². The number of carbonyl (C=O) groups is 2. The van der Waals surface area contributed by atoms with E-state index in [-0.39, 0.29) is 24.5 Å². The Hall–Kier alpha value is -1.88. The van der Waals surface area contributed by atoms with Crippen LogP contribution in [0.15, 0.2) is 30.3 Å². The van der Waals surface area contributed by atoms with Crippen LogP contribution in [-0.2, 0) is 20.7 Å². The molecular formula is C16H22N2O3. The number of hydrogen-bond donors (Lipinski definition) is 1. The number of rotatable bonds is 5. The molecule has 0 aliphatic carbocycles. The number of nitrogens with zero attached hydrogens (tertiary/aromatic N) is 1. The van der Waals surface area contributed by atoms with Gasteiger partial charge in [0.25, 0.3) is 0 Å². The summed E-state index contributed by atoms with van der Waals surface area (Å²) in [4.78, 5) is 25.5. The van der Waals surface area contributed by atoms with Gasteiger partial charge < -0.3 is 15.0 Å². The Labute approximate surface area is 125 Å². The van der Waals surface area contributed by atoms with Crippen molar-refractivity contribution in [3.05, 3.63) is 35.9 Å². The van der Waals surface area contributed by atoms with E-state index in [1.165, 1.54) is 7.11 Å². The fourth-order valence-electron chi connectivity index (χ4n) is 2.56. The maximum Gasteiger partial charge on any atom is 0.246 e. The lowest BCUT2D eigenvalue weighted by atomic mass is 10.0. The van der Waals surface area contributed by atoms with Crippen molar-refractivity contribution in [2.75, 3.05) is 26.8 Å². The maximum atomic E-state index is 12.2. The number of likely N-dealkylation sites (tertiary alicyclic amines) is 1. The number of methoxy groups -OCH3 is 1. The molecule has 1 aliphatic rings. The molecule has 1 aromatic carbocycles. The number of piperidine rings is 1. The summed E-state index contributed by atoms with van der Waals surface area (Å²) >= 11 is 0. The normalized spacial score (nSPS) is 15.8. The highest BCUT2D eigenvalue weighted by Crippen LogP contribution is 2.12. The zero-order valence-electron chi connectivity index (χ0n) is 12.4. The van der Waals surface area contributed by atoms with E-state index >= 15 is 0 Å². The molecular weight excluding hydrogens is 268 g/mol. The predicted octanol–water partition coefficient (Wildman–Crippen LogP) is 0.983. The Balaban J connectivity index is 1.75. The first-order valence-electron chi connectivity index (χ1n) is 7.29. The van der Waals surface area contributed by atoms with Crippen molar-refractivity contribution >= 4 is 11.8 Å². The van der Waals surface area contributed by atoms with Gasteiger partial charge in [-0.15, -0.1) is 0 Å². The molecule has 1 aromatic rings. The van der Waals surface area contributed by atoms with Gasteiger partial charge in [0.2, 0.25) is 11.8 Å². The Morgan fingerprint density at radius 1 is 1.24 bits per heavy atom. The Morgan fingerprint density at radius 2 is 1.90 bits per heavy atom. The van der Waals surface area contributed by atoms with Crippen molar-refractivity contribution in [1.29, 1.82) is 0 Å². The molecule has 114 valence electrons. The molecule has 5 heteroatoms. The van der Waals surface area contributed by atoms with Gasteiger partial charge in [-0.3, -0.25) is 9.59 Å². The predicted molar refractivity (Wildman–Crippen MR) is 79.8 cm³/mol. The summed E-state index contributed by atoms with van der Waals surface area (Å²) in [7, 11) is 1.50. The van der Waals surface area contributed by atoms with E-state index in [2.05, 4.69) is 5.32 Å². The molecule has 0 unspecified atom stereocenters. The third kappa shape index (κ3) is 4.86. The molecule has 0 aromatic heterocycles. The maximum absolute atomic E-state index is 12.2. The quantitative estimate of drug-likeness (QED) is 0.879. The third-order valence-electron chi connectivity index (χ3n) is 3.69. The van der Waals surface area contributed by atoms with E-state index in [1.54, 1.807) is 0 Å². The molecule has 0 atom stereocenters. The molecule has 2 rings (SSSR count). The first-order chi connectivity index (χ1) is 10.2. The van der Waals surface area contributed by atoms with Gasteiger partial charge in [0.1, 0.15) is 6.61 Å². The number of amides is 2. The summed E-state index contributed by atoms with van der Waals surface area (Å²) in [6.45, 7) is 1.49. The second-order valence-electron chi connectivity index (χ2n) is 5.32. The van der Waals surface area contributed by atoms with Gasteiger partial charge in [-0.2, -0.15) is 0 Å². The minimum Gasteiger partial charge on any atom is -0.375 e. The number of benzene rings is 1. The SMILES string of the molecule is COCC(=O)NC1CCN(C(=O)Cc2ccccc2)CC1. The second-order valence-corrected chi connectivity index (χ2v) is 5.32. The molecule has 1 saturated heterocycles. The van der Waals surface area contributed by atoms with Crippen molar-refractivity contribution in [2.45, 2.75) is 25.3 Å². The smallest absolute Gasteiger partial charge is 0.246 e. The van der Waals surface area contributed by atoms with Crippen LogP contribution in [0.2, 0.25) is 0 Å².